The van der Waals surface area contributed by atoms with Crippen LogP contribution in [0.25, 0.3) is 0 Å². The number of benzene rings is 2. The van der Waals surface area contributed by atoms with Crippen LogP contribution in [0.1, 0.15) is 24.0 Å². The Morgan fingerprint density at radius 3 is 2.30 bits per heavy atom. The fourth-order valence-electron chi connectivity index (χ4n) is 3.93. The molecule has 0 spiro atoms. The van der Waals surface area contributed by atoms with Gasteiger partial charge in [-0.05, 0) is 23.3 Å². The number of nitrogens with zero attached hydrogens (tertiary/aromatic N) is 4. The Labute approximate surface area is 233 Å². The topological polar surface area (TPSA) is 196 Å². The number of hydrogen-bond donors (Lipinski definition) is 4. The van der Waals surface area contributed by atoms with Crippen molar-refractivity contribution in [3.8, 4) is 0 Å². The maximum absolute atomic E-state index is 13.1. The van der Waals surface area contributed by atoms with Gasteiger partial charge in [0.25, 0.3) is 0 Å². The summed E-state index contributed by atoms with van der Waals surface area (Å²) in [7, 11) is -6.28. The number of nitrogens with two attached hydrogens (primary N) is 1. The zero-order valence-electron chi connectivity index (χ0n) is 22.2. The number of carbonyl (C=O) groups excluding carboxylic acids is 2. The second-order valence-corrected chi connectivity index (χ2v) is 12.2. The number of amides is 2. The van der Waals surface area contributed by atoms with E-state index < -0.39 is 45.1 Å². The molecular weight excluding hydrogens is 560 g/mol. The van der Waals surface area contributed by atoms with Crippen molar-refractivity contribution in [1.82, 2.24) is 19.4 Å². The summed E-state index contributed by atoms with van der Waals surface area (Å²) in [5.41, 5.74) is 7.67. The number of hydrazone groups is 1. The van der Waals surface area contributed by atoms with E-state index in [4.69, 9.17) is 5.73 Å². The van der Waals surface area contributed by atoms with E-state index in [2.05, 4.69) is 24.9 Å². The molecule has 40 heavy (non-hydrogen) atoms. The molecule has 3 rings (SSSR count). The normalized spacial score (nSPS) is 16.0. The summed E-state index contributed by atoms with van der Waals surface area (Å²) in [5.74, 6) is -1.78. The zero-order chi connectivity index (χ0) is 29.5. The van der Waals surface area contributed by atoms with Crippen molar-refractivity contribution < 1.29 is 26.4 Å². The van der Waals surface area contributed by atoms with Crippen molar-refractivity contribution in [2.75, 3.05) is 44.2 Å². The Bertz CT molecular complexity index is 1490. The summed E-state index contributed by atoms with van der Waals surface area (Å²) in [5, 5.41) is 8.36. The molecule has 0 bridgehead atoms. The predicted octanol–water partition coefficient (Wildman–Crippen LogP) is -0.395. The van der Waals surface area contributed by atoms with Crippen molar-refractivity contribution >= 4 is 49.4 Å². The molecule has 0 saturated carbocycles. The molecule has 5 N–H and O–H groups in total. The number of hydrogen-bond acceptors (Lipinski definition) is 8. The van der Waals surface area contributed by atoms with E-state index in [1.165, 1.54) is 12.1 Å². The molecule has 2 amide bonds. The molecule has 0 aliphatic carbocycles. The SMILES string of the molecule is CCN(CC(=O)NCC(N)=O)S(=O)(=O)NC(=NC)N1CC(c2ccccc2)C(c2ccc(NS(C)(=O)=O)cc2)=N1. The zero-order valence-corrected chi connectivity index (χ0v) is 23.9. The van der Waals surface area contributed by atoms with E-state index in [1.807, 2.05) is 30.3 Å². The Hall–Kier alpha value is -4.02. The largest absolute Gasteiger partial charge is 0.368 e. The Balaban J connectivity index is 1.87. The summed E-state index contributed by atoms with van der Waals surface area (Å²) in [6, 6.07) is 16.2. The quantitative estimate of drug-likeness (QED) is 0.201. The van der Waals surface area contributed by atoms with Crippen LogP contribution in [0.15, 0.2) is 64.7 Å². The molecule has 2 aromatic rings. The molecule has 16 heteroatoms. The molecule has 0 radical (unpaired) electrons. The van der Waals surface area contributed by atoms with Gasteiger partial charge in [-0.2, -0.15) is 17.8 Å². The summed E-state index contributed by atoms with van der Waals surface area (Å²) in [6.45, 7) is 0.825. The number of rotatable bonds is 11. The molecular formula is C24H32N8O6S2. The van der Waals surface area contributed by atoms with Crippen LogP contribution in [0.2, 0.25) is 0 Å². The number of sulfonamides is 1. The average molecular weight is 593 g/mol. The second kappa shape index (κ2) is 12.9. The Morgan fingerprint density at radius 2 is 1.75 bits per heavy atom. The number of guanidine groups is 1. The number of nitrogens with one attached hydrogen (secondary N) is 3. The minimum atomic E-state index is -4.24. The Morgan fingerprint density at radius 1 is 1.10 bits per heavy atom. The summed E-state index contributed by atoms with van der Waals surface area (Å²) in [4.78, 5) is 27.1. The third-order valence-electron chi connectivity index (χ3n) is 5.75. The van der Waals surface area contributed by atoms with Gasteiger partial charge in [0.1, 0.15) is 0 Å². The Kier molecular flexibility index (Phi) is 9.83. The maximum atomic E-state index is 13.1. The maximum Gasteiger partial charge on any atom is 0.304 e. The summed E-state index contributed by atoms with van der Waals surface area (Å²) < 4.78 is 55.2. The highest BCUT2D eigenvalue weighted by molar-refractivity contribution is 7.92. The molecule has 0 saturated heterocycles. The first-order valence-corrected chi connectivity index (χ1v) is 15.4. The van der Waals surface area contributed by atoms with Gasteiger partial charge in [0, 0.05) is 25.2 Å². The standard InChI is InChI=1S/C24H32N8O6S2/c1-4-31(16-22(34)27-14-21(25)33)40(37,38)30-24(26-2)32-15-20(17-8-6-5-7-9-17)23(28-32)18-10-12-19(13-11-18)29-39(3,35)36/h5-13,20,29H,4,14-16H2,1-3H3,(H2,25,33)(H,26,30)(H,27,34). The molecule has 1 aliphatic heterocycles. The third-order valence-corrected chi connectivity index (χ3v) is 7.86. The van der Waals surface area contributed by atoms with Crippen molar-refractivity contribution in [2.24, 2.45) is 15.8 Å². The lowest BCUT2D eigenvalue weighted by Gasteiger charge is -2.24. The van der Waals surface area contributed by atoms with Crippen LogP contribution in [-0.2, 0) is 29.8 Å². The first-order valence-electron chi connectivity index (χ1n) is 12.1. The van der Waals surface area contributed by atoms with Gasteiger partial charge in [-0.15, -0.1) is 0 Å². The highest BCUT2D eigenvalue weighted by Crippen LogP contribution is 2.29. The van der Waals surface area contributed by atoms with Crippen LogP contribution < -0.4 is 20.5 Å². The van der Waals surface area contributed by atoms with Gasteiger partial charge in [-0.3, -0.25) is 19.3 Å². The van der Waals surface area contributed by atoms with E-state index in [0.29, 0.717) is 17.0 Å². The molecule has 1 aliphatic rings. The van der Waals surface area contributed by atoms with Crippen LogP contribution in [-0.4, -0.2) is 89.1 Å². The van der Waals surface area contributed by atoms with Gasteiger partial charge in [0.15, 0.2) is 0 Å². The van der Waals surface area contributed by atoms with Crippen LogP contribution in [0.5, 0.6) is 0 Å². The van der Waals surface area contributed by atoms with E-state index in [9.17, 15) is 26.4 Å². The van der Waals surface area contributed by atoms with Gasteiger partial charge in [-0.25, -0.2) is 18.1 Å². The van der Waals surface area contributed by atoms with Gasteiger partial charge in [0.2, 0.25) is 27.8 Å². The number of carbonyl (C=O) groups is 2. The number of anilines is 1. The van der Waals surface area contributed by atoms with E-state index >= 15 is 0 Å². The number of primary amides is 1. The lowest BCUT2D eigenvalue weighted by molar-refractivity contribution is -0.124. The molecule has 0 fully saturated rings. The van der Waals surface area contributed by atoms with Crippen molar-refractivity contribution in [3.05, 3.63) is 65.7 Å². The molecule has 2 aromatic carbocycles. The molecule has 1 atom stereocenters. The fraction of sp³-hybridized carbons (Fsp3) is 0.333. The predicted molar refractivity (Wildman–Crippen MR) is 152 cm³/mol. The highest BCUT2D eigenvalue weighted by atomic mass is 32.2. The van der Waals surface area contributed by atoms with Crippen LogP contribution in [0.3, 0.4) is 0 Å². The van der Waals surface area contributed by atoms with Crippen LogP contribution >= 0.6 is 0 Å². The molecule has 216 valence electrons. The average Bonchev–Trinajstić information content (AvgIpc) is 3.34. The number of likely N-dealkylation sites (N-methyl/N-ethyl adjacent to an activating group) is 1. The van der Waals surface area contributed by atoms with Crippen LogP contribution in [0.4, 0.5) is 5.69 Å². The van der Waals surface area contributed by atoms with Crippen molar-refractivity contribution in [1.29, 1.82) is 0 Å². The molecule has 1 heterocycles. The molecule has 0 aromatic heterocycles. The first-order chi connectivity index (χ1) is 18.8. The van der Waals surface area contributed by atoms with Gasteiger partial charge in [-0.1, -0.05) is 49.4 Å². The number of aliphatic imine (C=N–C) groups is 1. The van der Waals surface area contributed by atoms with Gasteiger partial charge in [0.05, 0.1) is 31.6 Å². The van der Waals surface area contributed by atoms with Gasteiger partial charge >= 0.3 is 10.2 Å². The van der Waals surface area contributed by atoms with Gasteiger partial charge < -0.3 is 11.1 Å². The minimum Gasteiger partial charge on any atom is -0.368 e. The lowest BCUT2D eigenvalue weighted by atomic mass is 9.90. The monoisotopic (exact) mass is 592 g/mol. The fourth-order valence-corrected chi connectivity index (χ4v) is 5.67. The van der Waals surface area contributed by atoms with E-state index in [1.54, 1.807) is 31.2 Å². The van der Waals surface area contributed by atoms with E-state index in [-0.39, 0.29) is 25.0 Å². The molecule has 1 unspecified atom stereocenters. The molecule has 14 nitrogen and oxygen atoms in total. The van der Waals surface area contributed by atoms with Crippen LogP contribution in [0, 0.1) is 0 Å². The van der Waals surface area contributed by atoms with E-state index in [0.717, 1.165) is 16.1 Å². The second-order valence-electron chi connectivity index (χ2n) is 8.81. The minimum absolute atomic E-state index is 0.0364. The lowest BCUT2D eigenvalue weighted by Crippen LogP contribution is -2.51. The first kappa shape index (κ1) is 30.5. The van der Waals surface area contributed by atoms with Crippen molar-refractivity contribution in [3.63, 3.8) is 0 Å². The summed E-state index contributed by atoms with van der Waals surface area (Å²) in [6.07, 6.45) is 1.06. The van der Waals surface area contributed by atoms with Crippen molar-refractivity contribution in [2.45, 2.75) is 12.8 Å². The highest BCUT2D eigenvalue weighted by Gasteiger charge is 2.34. The third kappa shape index (κ3) is 8.24. The summed E-state index contributed by atoms with van der Waals surface area (Å²) >= 11 is 0. The smallest absolute Gasteiger partial charge is 0.304 e.